The van der Waals surface area contributed by atoms with Crippen molar-refractivity contribution in [3.8, 4) is 5.75 Å². The van der Waals surface area contributed by atoms with Crippen LogP contribution in [0.15, 0.2) is 24.3 Å². The van der Waals surface area contributed by atoms with E-state index in [-0.39, 0.29) is 13.0 Å². The molecule has 2 N–H and O–H groups in total. The van der Waals surface area contributed by atoms with E-state index >= 15 is 0 Å². The standard InChI is InChI=1S/C16H20N2O7/c1-10(14(20)18-16(22)24-3)25-13(19)8-9-17-15(21)11-6-4-5-7-12(11)23-2/h4-7,10H,8-9H2,1-3H3,(H,17,21)(H,18,20,22)/t10-/m0/s1. The molecule has 0 heterocycles. The molecule has 1 atom stereocenters. The Morgan fingerprint density at radius 2 is 1.80 bits per heavy atom. The van der Waals surface area contributed by atoms with Crippen molar-refractivity contribution >= 4 is 23.9 Å². The average molecular weight is 352 g/mol. The van der Waals surface area contributed by atoms with Crippen LogP contribution in [0, 0.1) is 0 Å². The molecular formula is C16H20N2O7. The van der Waals surface area contributed by atoms with Gasteiger partial charge in [0.15, 0.2) is 6.10 Å². The Labute approximate surface area is 144 Å². The number of nitrogens with one attached hydrogen (secondary N) is 2. The molecule has 0 aliphatic rings. The van der Waals surface area contributed by atoms with Crippen LogP contribution in [0.3, 0.4) is 0 Å². The van der Waals surface area contributed by atoms with Gasteiger partial charge in [-0.05, 0) is 19.1 Å². The van der Waals surface area contributed by atoms with Gasteiger partial charge in [-0.2, -0.15) is 0 Å². The van der Waals surface area contributed by atoms with Crippen LogP contribution >= 0.6 is 0 Å². The number of carbonyl (C=O) groups is 4. The van der Waals surface area contributed by atoms with Crippen LogP contribution in [0.2, 0.25) is 0 Å². The van der Waals surface area contributed by atoms with Crippen LogP contribution in [-0.2, 0) is 19.1 Å². The van der Waals surface area contributed by atoms with Crippen molar-refractivity contribution in [2.24, 2.45) is 0 Å². The molecule has 0 aliphatic carbocycles. The Balaban J connectivity index is 2.40. The molecule has 0 fully saturated rings. The number of esters is 1. The van der Waals surface area contributed by atoms with Gasteiger partial charge in [-0.3, -0.25) is 19.7 Å². The highest BCUT2D eigenvalue weighted by molar-refractivity contribution is 5.97. The maximum Gasteiger partial charge on any atom is 0.413 e. The summed E-state index contributed by atoms with van der Waals surface area (Å²) in [6.45, 7) is 1.32. The van der Waals surface area contributed by atoms with E-state index < -0.39 is 30.0 Å². The number of imide groups is 1. The summed E-state index contributed by atoms with van der Waals surface area (Å²) in [6.07, 6.45) is -2.26. The fourth-order valence-electron chi connectivity index (χ4n) is 1.77. The van der Waals surface area contributed by atoms with Crippen LogP contribution in [0.5, 0.6) is 5.75 Å². The highest BCUT2D eigenvalue weighted by Crippen LogP contribution is 2.16. The van der Waals surface area contributed by atoms with Crippen LogP contribution in [0.1, 0.15) is 23.7 Å². The van der Waals surface area contributed by atoms with Crippen LogP contribution < -0.4 is 15.4 Å². The predicted molar refractivity (Wildman–Crippen MR) is 86.0 cm³/mol. The lowest BCUT2D eigenvalue weighted by atomic mass is 10.2. The lowest BCUT2D eigenvalue weighted by Gasteiger charge is -2.13. The Morgan fingerprint density at radius 3 is 2.44 bits per heavy atom. The van der Waals surface area contributed by atoms with E-state index in [0.717, 1.165) is 7.11 Å². The van der Waals surface area contributed by atoms with Crippen LogP contribution in [0.4, 0.5) is 4.79 Å². The van der Waals surface area contributed by atoms with Gasteiger partial charge in [0.25, 0.3) is 11.8 Å². The van der Waals surface area contributed by atoms with E-state index in [9.17, 15) is 19.2 Å². The number of benzene rings is 1. The minimum atomic E-state index is -1.17. The number of hydrogen-bond donors (Lipinski definition) is 2. The number of ether oxygens (including phenoxy) is 3. The number of amides is 3. The lowest BCUT2D eigenvalue weighted by Crippen LogP contribution is -2.39. The second-order valence-electron chi connectivity index (χ2n) is 4.82. The molecule has 9 heteroatoms. The van der Waals surface area contributed by atoms with Gasteiger partial charge in [0.2, 0.25) is 0 Å². The highest BCUT2D eigenvalue weighted by Gasteiger charge is 2.20. The first-order valence-corrected chi connectivity index (χ1v) is 7.38. The summed E-state index contributed by atoms with van der Waals surface area (Å²) in [5, 5.41) is 4.44. The summed E-state index contributed by atoms with van der Waals surface area (Å²) >= 11 is 0. The van der Waals surface area contributed by atoms with Gasteiger partial charge in [-0.15, -0.1) is 0 Å². The largest absolute Gasteiger partial charge is 0.496 e. The predicted octanol–water partition coefficient (Wildman–Crippen LogP) is 0.629. The van der Waals surface area contributed by atoms with E-state index in [4.69, 9.17) is 9.47 Å². The Kier molecular flexibility index (Phi) is 7.91. The van der Waals surface area contributed by atoms with E-state index in [0.29, 0.717) is 11.3 Å². The molecule has 9 nitrogen and oxygen atoms in total. The molecule has 1 aromatic carbocycles. The number of methoxy groups -OCH3 is 2. The summed E-state index contributed by atoms with van der Waals surface area (Å²) < 4.78 is 14.2. The number of alkyl carbamates (subject to hydrolysis) is 1. The second-order valence-corrected chi connectivity index (χ2v) is 4.82. The third-order valence-corrected chi connectivity index (χ3v) is 3.05. The summed E-state index contributed by atoms with van der Waals surface area (Å²) in [4.78, 5) is 46.1. The van der Waals surface area contributed by atoms with Crippen molar-refractivity contribution in [1.82, 2.24) is 10.6 Å². The second kappa shape index (κ2) is 9.91. The van der Waals surface area contributed by atoms with Gasteiger partial charge in [0, 0.05) is 6.54 Å². The van der Waals surface area contributed by atoms with Crippen molar-refractivity contribution in [3.63, 3.8) is 0 Å². The maximum atomic E-state index is 12.0. The van der Waals surface area contributed by atoms with Gasteiger partial charge in [0.1, 0.15) is 5.75 Å². The zero-order valence-corrected chi connectivity index (χ0v) is 14.2. The summed E-state index contributed by atoms with van der Waals surface area (Å²) in [6, 6.07) is 6.65. The van der Waals surface area contributed by atoms with Gasteiger partial charge in [-0.1, -0.05) is 12.1 Å². The van der Waals surface area contributed by atoms with E-state index in [1.807, 2.05) is 5.32 Å². The lowest BCUT2D eigenvalue weighted by molar-refractivity contribution is -0.154. The molecule has 0 unspecified atom stereocenters. The molecule has 0 saturated heterocycles. The average Bonchev–Trinajstić information content (AvgIpc) is 2.61. The third-order valence-electron chi connectivity index (χ3n) is 3.05. The third kappa shape index (κ3) is 6.50. The fraction of sp³-hybridized carbons (Fsp3) is 0.375. The Bertz CT molecular complexity index is 645. The van der Waals surface area contributed by atoms with Gasteiger partial charge in [0.05, 0.1) is 26.2 Å². The smallest absolute Gasteiger partial charge is 0.413 e. The number of para-hydroxylation sites is 1. The minimum absolute atomic E-state index is 0.0149. The highest BCUT2D eigenvalue weighted by atomic mass is 16.6. The van der Waals surface area contributed by atoms with Crippen molar-refractivity contribution in [2.45, 2.75) is 19.4 Å². The summed E-state index contributed by atoms with van der Waals surface area (Å²) in [5.74, 6) is -1.50. The molecule has 0 saturated carbocycles. The number of hydrogen-bond acceptors (Lipinski definition) is 7. The zero-order valence-electron chi connectivity index (χ0n) is 14.2. The molecule has 1 rings (SSSR count). The first-order valence-electron chi connectivity index (χ1n) is 7.38. The first-order chi connectivity index (χ1) is 11.9. The van der Waals surface area contributed by atoms with E-state index in [2.05, 4.69) is 10.1 Å². The van der Waals surface area contributed by atoms with Gasteiger partial charge < -0.3 is 19.5 Å². The number of rotatable bonds is 7. The topological polar surface area (TPSA) is 120 Å². The summed E-state index contributed by atoms with van der Waals surface area (Å²) in [7, 11) is 2.55. The quantitative estimate of drug-likeness (QED) is 0.691. The van der Waals surface area contributed by atoms with E-state index in [1.54, 1.807) is 24.3 Å². The molecule has 3 amide bonds. The molecule has 0 radical (unpaired) electrons. The van der Waals surface area contributed by atoms with Crippen molar-refractivity contribution in [3.05, 3.63) is 29.8 Å². The fourth-order valence-corrected chi connectivity index (χ4v) is 1.77. The first kappa shape index (κ1) is 19.9. The monoisotopic (exact) mass is 352 g/mol. The van der Waals surface area contributed by atoms with Crippen molar-refractivity contribution < 1.29 is 33.4 Å². The van der Waals surface area contributed by atoms with Gasteiger partial charge in [-0.25, -0.2) is 4.79 Å². The van der Waals surface area contributed by atoms with Crippen LogP contribution in [-0.4, -0.2) is 50.7 Å². The number of carbonyl (C=O) groups excluding carboxylic acids is 4. The normalized spacial score (nSPS) is 11.0. The van der Waals surface area contributed by atoms with Gasteiger partial charge >= 0.3 is 12.1 Å². The Morgan fingerprint density at radius 1 is 1.12 bits per heavy atom. The molecule has 25 heavy (non-hydrogen) atoms. The zero-order chi connectivity index (χ0) is 18.8. The minimum Gasteiger partial charge on any atom is -0.496 e. The molecule has 0 aromatic heterocycles. The summed E-state index contributed by atoms with van der Waals surface area (Å²) in [5.41, 5.74) is 0.337. The molecule has 0 bridgehead atoms. The molecule has 0 spiro atoms. The molecule has 1 aromatic rings. The molecule has 136 valence electrons. The maximum absolute atomic E-state index is 12.0. The van der Waals surface area contributed by atoms with Crippen molar-refractivity contribution in [1.29, 1.82) is 0 Å². The van der Waals surface area contributed by atoms with Crippen molar-refractivity contribution in [2.75, 3.05) is 20.8 Å². The SMILES string of the molecule is COC(=O)NC(=O)[C@H](C)OC(=O)CCNC(=O)c1ccccc1OC. The molecule has 0 aliphatic heterocycles. The van der Waals surface area contributed by atoms with Crippen LogP contribution in [0.25, 0.3) is 0 Å². The Hall–Kier alpha value is -3.10. The van der Waals surface area contributed by atoms with E-state index in [1.165, 1.54) is 14.0 Å². The molecular weight excluding hydrogens is 332 g/mol.